The molecule has 0 N–H and O–H groups in total. The zero-order valence-corrected chi connectivity index (χ0v) is 18.3. The first kappa shape index (κ1) is 20.2. The molecule has 156 valence electrons. The average molecular weight is 405 g/mol. The molecule has 0 amide bonds. The van der Waals surface area contributed by atoms with Crippen LogP contribution in [0.3, 0.4) is 0 Å². The topological polar surface area (TPSA) is 50.6 Å². The third-order valence-corrected chi connectivity index (χ3v) is 5.93. The summed E-state index contributed by atoms with van der Waals surface area (Å²) >= 11 is 0. The predicted molar refractivity (Wildman–Crippen MR) is 119 cm³/mol. The van der Waals surface area contributed by atoms with E-state index in [4.69, 9.17) is 9.72 Å². The second kappa shape index (κ2) is 7.95. The molecule has 0 radical (unpaired) electrons. The first-order valence-electron chi connectivity index (χ1n) is 10.2. The van der Waals surface area contributed by atoms with Crippen LogP contribution in [-0.4, -0.2) is 28.2 Å². The number of hydrogen-bond donors (Lipinski definition) is 0. The van der Waals surface area contributed by atoms with Crippen LogP contribution in [-0.2, 0) is 13.2 Å². The first-order valence-corrected chi connectivity index (χ1v) is 10.2. The quantitative estimate of drug-likeness (QED) is 0.657. The molecule has 0 atom stereocenters. The first-order chi connectivity index (χ1) is 14.4. The molecule has 0 bridgehead atoms. The van der Waals surface area contributed by atoms with Gasteiger partial charge in [-0.2, -0.15) is 0 Å². The zero-order chi connectivity index (χ0) is 21.4. The number of hydrogen-bond acceptors (Lipinski definition) is 5. The summed E-state index contributed by atoms with van der Waals surface area (Å²) in [7, 11) is 1.69. The largest absolute Gasteiger partial charge is 0.496 e. The molecule has 2 heterocycles. The molecule has 0 saturated heterocycles. The van der Waals surface area contributed by atoms with Gasteiger partial charge in [0.2, 0.25) is 5.95 Å². The molecule has 0 aliphatic carbocycles. The summed E-state index contributed by atoms with van der Waals surface area (Å²) in [5.41, 5.74) is 6.06. The van der Waals surface area contributed by atoms with Gasteiger partial charge in [0.1, 0.15) is 5.75 Å². The molecule has 1 aliphatic rings. The van der Waals surface area contributed by atoms with E-state index in [0.717, 1.165) is 22.7 Å². The van der Waals surface area contributed by atoms with Crippen LogP contribution < -0.4 is 15.2 Å². The molecule has 0 saturated carbocycles. The van der Waals surface area contributed by atoms with Crippen molar-refractivity contribution in [2.24, 2.45) is 0 Å². The van der Waals surface area contributed by atoms with Crippen LogP contribution in [0.5, 0.6) is 5.75 Å². The van der Waals surface area contributed by atoms with Gasteiger partial charge in [0.25, 0.3) is 5.56 Å². The number of para-hydroxylation sites is 1. The van der Waals surface area contributed by atoms with Crippen molar-refractivity contribution in [2.45, 2.75) is 40.9 Å². The van der Waals surface area contributed by atoms with E-state index in [1.165, 1.54) is 11.1 Å². The minimum Gasteiger partial charge on any atom is -0.496 e. The molecule has 4 rings (SSSR count). The molecule has 6 heteroatoms. The Bertz CT molecular complexity index is 1150. The van der Waals surface area contributed by atoms with Gasteiger partial charge in [-0.05, 0) is 57.0 Å². The fourth-order valence-electron chi connectivity index (χ4n) is 3.85. The van der Waals surface area contributed by atoms with Gasteiger partial charge in [0.05, 0.1) is 20.4 Å². The Labute approximate surface area is 177 Å². The van der Waals surface area contributed by atoms with Crippen molar-refractivity contribution in [3.8, 4) is 5.75 Å². The molecule has 6 nitrogen and oxygen atoms in total. The maximum atomic E-state index is 13.1. The average Bonchev–Trinajstić information content (AvgIpc) is 2.74. The van der Waals surface area contributed by atoms with Crippen LogP contribution in [0.15, 0.2) is 47.3 Å². The standard InChI is InChI=1S/C24H28N4O2/c1-16-10-11-21(12-17(16)2)27-14-26(13-20-8-6-7-9-22(20)30-5)15-28-23(29)18(3)19(4)25-24(27)28/h6-12H,13-15H2,1-5H3. The monoisotopic (exact) mass is 404 g/mol. The van der Waals surface area contributed by atoms with Crippen molar-refractivity contribution in [3.05, 3.63) is 80.8 Å². The van der Waals surface area contributed by atoms with Crippen LogP contribution in [0.2, 0.25) is 0 Å². The van der Waals surface area contributed by atoms with Gasteiger partial charge in [-0.25, -0.2) is 4.98 Å². The summed E-state index contributed by atoms with van der Waals surface area (Å²) in [5, 5.41) is 0. The van der Waals surface area contributed by atoms with Crippen molar-refractivity contribution in [1.29, 1.82) is 0 Å². The molecular formula is C24H28N4O2. The van der Waals surface area contributed by atoms with Crippen molar-refractivity contribution in [3.63, 3.8) is 0 Å². The van der Waals surface area contributed by atoms with E-state index in [1.807, 2.05) is 32.0 Å². The lowest BCUT2D eigenvalue weighted by Crippen LogP contribution is -2.47. The normalized spacial score (nSPS) is 14.0. The van der Waals surface area contributed by atoms with Crippen molar-refractivity contribution < 1.29 is 4.74 Å². The number of aryl methyl sites for hydroxylation is 3. The number of nitrogens with zero attached hydrogens (tertiary/aromatic N) is 4. The lowest BCUT2D eigenvalue weighted by atomic mass is 10.1. The molecule has 30 heavy (non-hydrogen) atoms. The number of anilines is 2. The van der Waals surface area contributed by atoms with Crippen LogP contribution in [0, 0.1) is 27.7 Å². The zero-order valence-electron chi connectivity index (χ0n) is 18.3. The molecular weight excluding hydrogens is 376 g/mol. The fourth-order valence-corrected chi connectivity index (χ4v) is 3.85. The SMILES string of the molecule is COc1ccccc1CN1CN(c2ccc(C)c(C)c2)c2nc(C)c(C)c(=O)n2C1. The highest BCUT2D eigenvalue weighted by atomic mass is 16.5. The molecule has 0 unspecified atom stereocenters. The molecule has 2 aromatic carbocycles. The van der Waals surface area contributed by atoms with E-state index in [1.54, 1.807) is 11.7 Å². The lowest BCUT2D eigenvalue weighted by Gasteiger charge is -2.38. The third kappa shape index (κ3) is 3.59. The van der Waals surface area contributed by atoms with Crippen molar-refractivity contribution in [1.82, 2.24) is 14.5 Å². The summed E-state index contributed by atoms with van der Waals surface area (Å²) in [4.78, 5) is 22.3. The van der Waals surface area contributed by atoms with E-state index in [0.29, 0.717) is 31.4 Å². The number of methoxy groups -OCH3 is 1. The van der Waals surface area contributed by atoms with Crippen LogP contribution in [0.4, 0.5) is 11.6 Å². The molecule has 0 spiro atoms. The minimum absolute atomic E-state index is 0.0102. The van der Waals surface area contributed by atoms with Gasteiger partial charge in [0, 0.05) is 29.1 Å². The van der Waals surface area contributed by atoms with E-state index >= 15 is 0 Å². The second-order valence-electron chi connectivity index (χ2n) is 7.98. The Morgan fingerprint density at radius 1 is 1.00 bits per heavy atom. The Balaban J connectivity index is 1.79. The summed E-state index contributed by atoms with van der Waals surface area (Å²) in [6.45, 7) is 9.75. The van der Waals surface area contributed by atoms with Crippen LogP contribution in [0.25, 0.3) is 0 Å². The van der Waals surface area contributed by atoms with E-state index in [2.05, 4.69) is 47.9 Å². The maximum Gasteiger partial charge on any atom is 0.259 e. The summed E-state index contributed by atoms with van der Waals surface area (Å²) in [6, 6.07) is 14.4. The minimum atomic E-state index is 0.0102. The number of aromatic nitrogens is 2. The molecule has 1 aromatic heterocycles. The molecule has 0 fully saturated rings. The molecule has 3 aromatic rings. The van der Waals surface area contributed by atoms with Gasteiger partial charge in [-0.15, -0.1) is 0 Å². The van der Waals surface area contributed by atoms with E-state index in [9.17, 15) is 4.79 Å². The Kier molecular flexibility index (Phi) is 5.35. The highest BCUT2D eigenvalue weighted by Crippen LogP contribution is 2.30. The molecule has 1 aliphatic heterocycles. The fraction of sp³-hybridized carbons (Fsp3) is 0.333. The lowest BCUT2D eigenvalue weighted by molar-refractivity contribution is 0.187. The summed E-state index contributed by atoms with van der Waals surface area (Å²) in [6.07, 6.45) is 0. The van der Waals surface area contributed by atoms with Crippen molar-refractivity contribution >= 4 is 11.6 Å². The summed E-state index contributed by atoms with van der Waals surface area (Å²) in [5.74, 6) is 1.55. The third-order valence-electron chi connectivity index (χ3n) is 5.93. The van der Waals surface area contributed by atoms with Gasteiger partial charge in [0.15, 0.2) is 0 Å². The Hall–Kier alpha value is -3.12. The van der Waals surface area contributed by atoms with E-state index in [-0.39, 0.29) is 5.56 Å². The summed E-state index contributed by atoms with van der Waals surface area (Å²) < 4.78 is 7.31. The second-order valence-corrected chi connectivity index (χ2v) is 7.98. The Morgan fingerprint density at radius 3 is 2.50 bits per heavy atom. The van der Waals surface area contributed by atoms with Gasteiger partial charge >= 0.3 is 0 Å². The Morgan fingerprint density at radius 2 is 1.77 bits per heavy atom. The van der Waals surface area contributed by atoms with Gasteiger partial charge in [-0.3, -0.25) is 19.2 Å². The number of rotatable bonds is 4. The van der Waals surface area contributed by atoms with E-state index < -0.39 is 0 Å². The number of ether oxygens (including phenoxy) is 1. The predicted octanol–water partition coefficient (Wildman–Crippen LogP) is 4.05. The number of fused-ring (bicyclic) bond motifs is 1. The van der Waals surface area contributed by atoms with Crippen LogP contribution in [0.1, 0.15) is 27.9 Å². The number of benzene rings is 2. The van der Waals surface area contributed by atoms with Crippen LogP contribution >= 0.6 is 0 Å². The maximum absolute atomic E-state index is 13.1. The highest BCUT2D eigenvalue weighted by molar-refractivity contribution is 5.60. The van der Waals surface area contributed by atoms with Gasteiger partial charge < -0.3 is 4.74 Å². The van der Waals surface area contributed by atoms with Crippen molar-refractivity contribution in [2.75, 3.05) is 18.7 Å². The highest BCUT2D eigenvalue weighted by Gasteiger charge is 2.28. The smallest absolute Gasteiger partial charge is 0.259 e. The van der Waals surface area contributed by atoms with Gasteiger partial charge in [-0.1, -0.05) is 24.3 Å².